The summed E-state index contributed by atoms with van der Waals surface area (Å²) in [6, 6.07) is 11.9. The van der Waals surface area contributed by atoms with Crippen LogP contribution in [0.4, 0.5) is 10.1 Å². The van der Waals surface area contributed by atoms with Gasteiger partial charge in [-0.2, -0.15) is 0 Å². The number of nitrogens with one attached hydrogen (secondary N) is 1. The van der Waals surface area contributed by atoms with Crippen LogP contribution in [0.2, 0.25) is 0 Å². The number of nitrogens with two attached hydrogens (primary N) is 1. The molecule has 0 aliphatic carbocycles. The first-order valence-electron chi connectivity index (χ1n) is 6.59. The van der Waals surface area contributed by atoms with Crippen LogP contribution in [-0.2, 0) is 4.79 Å². The molecule has 0 fully saturated rings. The van der Waals surface area contributed by atoms with Crippen LogP contribution in [0.5, 0.6) is 5.75 Å². The molecule has 0 saturated heterocycles. The van der Waals surface area contributed by atoms with E-state index >= 15 is 0 Å². The van der Waals surface area contributed by atoms with Crippen molar-refractivity contribution >= 4 is 17.5 Å². The molecular formula is C16H15FN2O3. The van der Waals surface area contributed by atoms with Crippen molar-refractivity contribution in [1.29, 1.82) is 0 Å². The van der Waals surface area contributed by atoms with E-state index in [0.29, 0.717) is 11.3 Å². The zero-order chi connectivity index (χ0) is 16.1. The predicted molar refractivity (Wildman–Crippen MR) is 80.1 cm³/mol. The fourth-order valence-electron chi connectivity index (χ4n) is 1.75. The number of rotatable bonds is 5. The van der Waals surface area contributed by atoms with E-state index < -0.39 is 23.7 Å². The standard InChI is InChI=1S/C16H15FN2O3/c1-10(22-14-5-3-2-4-13(14)17)16(21)19-12-8-6-11(7-9-12)15(18)20/h2-10H,1H3,(H2,18,20)(H,19,21)/t10-/m1/s1. The van der Waals surface area contributed by atoms with Crippen LogP contribution in [0.3, 0.4) is 0 Å². The Kier molecular flexibility index (Phi) is 4.73. The highest BCUT2D eigenvalue weighted by Crippen LogP contribution is 2.18. The van der Waals surface area contributed by atoms with E-state index in [2.05, 4.69) is 5.32 Å². The first kappa shape index (κ1) is 15.5. The third kappa shape index (κ3) is 3.82. The third-order valence-corrected chi connectivity index (χ3v) is 2.95. The van der Waals surface area contributed by atoms with Gasteiger partial charge in [0.2, 0.25) is 5.91 Å². The topological polar surface area (TPSA) is 81.4 Å². The fourth-order valence-corrected chi connectivity index (χ4v) is 1.75. The Bertz CT molecular complexity index is 686. The molecule has 2 aromatic carbocycles. The minimum absolute atomic E-state index is 0.00854. The van der Waals surface area contributed by atoms with Gasteiger partial charge in [-0.25, -0.2) is 4.39 Å². The second-order valence-electron chi connectivity index (χ2n) is 4.62. The lowest BCUT2D eigenvalue weighted by Gasteiger charge is -2.15. The first-order chi connectivity index (χ1) is 10.5. The molecule has 0 aromatic heterocycles. The van der Waals surface area contributed by atoms with E-state index in [4.69, 9.17) is 10.5 Å². The number of ether oxygens (including phenoxy) is 1. The van der Waals surface area contributed by atoms with E-state index in [1.54, 1.807) is 18.2 Å². The number of benzene rings is 2. The highest BCUT2D eigenvalue weighted by atomic mass is 19.1. The van der Waals surface area contributed by atoms with Gasteiger partial charge in [0.25, 0.3) is 5.91 Å². The highest BCUT2D eigenvalue weighted by Gasteiger charge is 2.16. The van der Waals surface area contributed by atoms with E-state index in [-0.39, 0.29) is 5.75 Å². The number of primary amides is 1. The fraction of sp³-hybridized carbons (Fsp3) is 0.125. The Morgan fingerprint density at radius 2 is 1.77 bits per heavy atom. The summed E-state index contributed by atoms with van der Waals surface area (Å²) >= 11 is 0. The molecule has 0 spiro atoms. The molecule has 2 aromatic rings. The van der Waals surface area contributed by atoms with Crippen LogP contribution >= 0.6 is 0 Å². The van der Waals surface area contributed by atoms with Crippen molar-refractivity contribution in [1.82, 2.24) is 0 Å². The molecule has 6 heteroatoms. The number of halogens is 1. The molecule has 0 aliphatic heterocycles. The molecule has 1 atom stereocenters. The Balaban J connectivity index is 1.99. The molecular weight excluding hydrogens is 287 g/mol. The Morgan fingerprint density at radius 3 is 2.36 bits per heavy atom. The summed E-state index contributed by atoms with van der Waals surface area (Å²) in [6.45, 7) is 1.51. The lowest BCUT2D eigenvalue weighted by molar-refractivity contribution is -0.122. The first-order valence-corrected chi connectivity index (χ1v) is 6.59. The molecule has 0 heterocycles. The van der Waals surface area contributed by atoms with Gasteiger partial charge < -0.3 is 15.8 Å². The van der Waals surface area contributed by atoms with Gasteiger partial charge in [0.1, 0.15) is 0 Å². The molecule has 2 amide bonds. The minimum atomic E-state index is -0.882. The van der Waals surface area contributed by atoms with Crippen molar-refractivity contribution in [3.05, 3.63) is 59.9 Å². The summed E-state index contributed by atoms with van der Waals surface area (Å²) in [7, 11) is 0. The van der Waals surface area contributed by atoms with Crippen LogP contribution in [0, 0.1) is 5.82 Å². The predicted octanol–water partition coefficient (Wildman–Crippen LogP) is 2.33. The van der Waals surface area contributed by atoms with Crippen LogP contribution in [0.15, 0.2) is 48.5 Å². The minimum Gasteiger partial charge on any atom is -0.478 e. The average molecular weight is 302 g/mol. The quantitative estimate of drug-likeness (QED) is 0.889. The summed E-state index contributed by atoms with van der Waals surface area (Å²) in [5.41, 5.74) is 5.96. The molecule has 0 bridgehead atoms. The van der Waals surface area contributed by atoms with Crippen molar-refractivity contribution in [2.45, 2.75) is 13.0 Å². The van der Waals surface area contributed by atoms with Crippen molar-refractivity contribution in [2.75, 3.05) is 5.32 Å². The highest BCUT2D eigenvalue weighted by molar-refractivity contribution is 5.96. The van der Waals surface area contributed by atoms with E-state index in [1.165, 1.54) is 37.3 Å². The van der Waals surface area contributed by atoms with Crippen molar-refractivity contribution < 1.29 is 18.7 Å². The van der Waals surface area contributed by atoms with Gasteiger partial charge in [0.05, 0.1) is 0 Å². The number of carbonyl (C=O) groups is 2. The van der Waals surface area contributed by atoms with Crippen molar-refractivity contribution in [3.63, 3.8) is 0 Å². The average Bonchev–Trinajstić information content (AvgIpc) is 2.50. The maximum atomic E-state index is 13.5. The van der Waals surface area contributed by atoms with E-state index in [9.17, 15) is 14.0 Å². The molecule has 114 valence electrons. The van der Waals surface area contributed by atoms with Gasteiger partial charge >= 0.3 is 0 Å². The number of hydrogen-bond acceptors (Lipinski definition) is 3. The Morgan fingerprint density at radius 1 is 1.14 bits per heavy atom. The number of amides is 2. The monoisotopic (exact) mass is 302 g/mol. The molecule has 0 aliphatic rings. The van der Waals surface area contributed by atoms with Gasteiger partial charge in [-0.15, -0.1) is 0 Å². The molecule has 3 N–H and O–H groups in total. The van der Waals surface area contributed by atoms with Crippen LogP contribution in [0.25, 0.3) is 0 Å². The van der Waals surface area contributed by atoms with Gasteiger partial charge in [-0.1, -0.05) is 12.1 Å². The number of hydrogen-bond donors (Lipinski definition) is 2. The number of carbonyl (C=O) groups excluding carboxylic acids is 2. The normalized spacial score (nSPS) is 11.5. The lowest BCUT2D eigenvalue weighted by atomic mass is 10.2. The van der Waals surface area contributed by atoms with Gasteiger partial charge in [-0.05, 0) is 43.3 Å². The summed E-state index contributed by atoms with van der Waals surface area (Å²) in [4.78, 5) is 23.0. The maximum absolute atomic E-state index is 13.5. The summed E-state index contributed by atoms with van der Waals surface area (Å²) in [6.07, 6.45) is -0.882. The summed E-state index contributed by atoms with van der Waals surface area (Å²) < 4.78 is 18.7. The summed E-state index contributed by atoms with van der Waals surface area (Å²) in [5.74, 6) is -1.51. The smallest absolute Gasteiger partial charge is 0.265 e. The van der Waals surface area contributed by atoms with E-state index in [0.717, 1.165) is 0 Å². The molecule has 22 heavy (non-hydrogen) atoms. The van der Waals surface area contributed by atoms with Crippen molar-refractivity contribution in [2.24, 2.45) is 5.73 Å². The SMILES string of the molecule is C[C@@H](Oc1ccccc1F)C(=O)Nc1ccc(C(N)=O)cc1. The van der Waals surface area contributed by atoms with Gasteiger partial charge in [0, 0.05) is 11.3 Å². The Labute approximate surface area is 126 Å². The van der Waals surface area contributed by atoms with Crippen LogP contribution < -0.4 is 15.8 Å². The van der Waals surface area contributed by atoms with Gasteiger partial charge in [0.15, 0.2) is 17.7 Å². The molecule has 0 radical (unpaired) electrons. The second kappa shape index (κ2) is 6.71. The largest absolute Gasteiger partial charge is 0.478 e. The second-order valence-corrected chi connectivity index (χ2v) is 4.62. The zero-order valence-electron chi connectivity index (χ0n) is 11.9. The summed E-state index contributed by atoms with van der Waals surface area (Å²) in [5, 5.41) is 2.61. The van der Waals surface area contributed by atoms with Crippen LogP contribution in [-0.4, -0.2) is 17.9 Å². The zero-order valence-corrected chi connectivity index (χ0v) is 11.9. The Hall–Kier alpha value is -2.89. The number of para-hydroxylation sites is 1. The van der Waals surface area contributed by atoms with Crippen LogP contribution in [0.1, 0.15) is 17.3 Å². The molecule has 5 nitrogen and oxygen atoms in total. The third-order valence-electron chi connectivity index (χ3n) is 2.95. The van der Waals surface area contributed by atoms with Gasteiger partial charge in [-0.3, -0.25) is 9.59 Å². The molecule has 0 saturated carbocycles. The van der Waals surface area contributed by atoms with E-state index in [1.807, 2.05) is 0 Å². The number of anilines is 1. The maximum Gasteiger partial charge on any atom is 0.265 e. The van der Waals surface area contributed by atoms with Crippen molar-refractivity contribution in [3.8, 4) is 5.75 Å². The molecule has 0 unspecified atom stereocenters. The molecule has 2 rings (SSSR count). The lowest BCUT2D eigenvalue weighted by Crippen LogP contribution is -2.30.